The van der Waals surface area contributed by atoms with Crippen molar-refractivity contribution in [1.82, 2.24) is 0 Å². The molecule has 1 aliphatic heterocycles. The van der Waals surface area contributed by atoms with E-state index in [4.69, 9.17) is 10.00 Å². The maximum atomic E-state index is 12.0. The smallest absolute Gasteiger partial charge is 0.224 e. The third kappa shape index (κ3) is 4.78. The van der Waals surface area contributed by atoms with Gasteiger partial charge in [0.15, 0.2) is 6.61 Å². The predicted octanol–water partition coefficient (Wildman–Crippen LogP) is 3.06. The zero-order valence-corrected chi connectivity index (χ0v) is 12.1. The zero-order valence-electron chi connectivity index (χ0n) is 11.3. The first-order valence-corrected chi connectivity index (χ1v) is 7.91. The van der Waals surface area contributed by atoms with Crippen molar-refractivity contribution in [2.75, 3.05) is 23.4 Å². The highest BCUT2D eigenvalue weighted by Crippen LogP contribution is 2.26. The molecule has 0 radical (unpaired) electrons. The molecule has 1 fully saturated rings. The number of hydrogen-bond donors (Lipinski definition) is 1. The van der Waals surface area contributed by atoms with Gasteiger partial charge in [0, 0.05) is 18.2 Å². The molecule has 20 heavy (non-hydrogen) atoms. The molecule has 0 atom stereocenters. The Hall–Kier alpha value is -1.67. The van der Waals surface area contributed by atoms with Crippen molar-refractivity contribution in [2.24, 2.45) is 5.92 Å². The number of ether oxygens (including phenoxy) is 1. The van der Waals surface area contributed by atoms with Crippen LogP contribution in [0.15, 0.2) is 24.3 Å². The standard InChI is InChI=1S/C15H18N2O2S/c16-6-7-19-14-3-1-2-13(11-14)17-15(18)10-12-4-8-20-9-5-12/h1-3,11-12H,4-5,7-10H2,(H,17,18). The van der Waals surface area contributed by atoms with Gasteiger partial charge < -0.3 is 10.1 Å². The molecule has 0 bridgehead atoms. The van der Waals surface area contributed by atoms with Gasteiger partial charge in [0.05, 0.1) is 0 Å². The van der Waals surface area contributed by atoms with Crippen molar-refractivity contribution in [3.05, 3.63) is 24.3 Å². The summed E-state index contributed by atoms with van der Waals surface area (Å²) in [6.45, 7) is 0.0111. The van der Waals surface area contributed by atoms with Crippen molar-refractivity contribution >= 4 is 23.4 Å². The van der Waals surface area contributed by atoms with Crippen LogP contribution in [-0.2, 0) is 4.79 Å². The van der Waals surface area contributed by atoms with Crippen LogP contribution in [0.2, 0.25) is 0 Å². The van der Waals surface area contributed by atoms with E-state index in [9.17, 15) is 4.79 Å². The van der Waals surface area contributed by atoms with Crippen LogP contribution in [0, 0.1) is 17.2 Å². The number of amides is 1. The van der Waals surface area contributed by atoms with Gasteiger partial charge in [-0.2, -0.15) is 17.0 Å². The minimum atomic E-state index is 0.0111. The summed E-state index contributed by atoms with van der Waals surface area (Å²) in [5.74, 6) is 3.48. The van der Waals surface area contributed by atoms with E-state index in [2.05, 4.69) is 5.32 Å². The van der Waals surface area contributed by atoms with Crippen LogP contribution in [0.5, 0.6) is 5.75 Å². The summed E-state index contributed by atoms with van der Waals surface area (Å²) in [5, 5.41) is 11.4. The number of benzene rings is 1. The molecule has 1 amide bonds. The number of anilines is 1. The fourth-order valence-corrected chi connectivity index (χ4v) is 3.41. The Morgan fingerprint density at radius 1 is 1.45 bits per heavy atom. The lowest BCUT2D eigenvalue weighted by atomic mass is 9.98. The number of thioether (sulfide) groups is 1. The molecule has 106 valence electrons. The molecule has 1 aromatic carbocycles. The second kappa shape index (κ2) is 7.81. The van der Waals surface area contributed by atoms with E-state index in [0.717, 1.165) is 30.0 Å². The highest BCUT2D eigenvalue weighted by atomic mass is 32.2. The second-order valence-corrected chi connectivity index (χ2v) is 6.01. The average Bonchev–Trinajstić information content (AvgIpc) is 2.46. The van der Waals surface area contributed by atoms with Gasteiger partial charge in [0.1, 0.15) is 11.8 Å². The quantitative estimate of drug-likeness (QED) is 0.905. The first kappa shape index (κ1) is 14.7. The zero-order chi connectivity index (χ0) is 14.2. The fraction of sp³-hybridized carbons (Fsp3) is 0.467. The molecule has 1 N–H and O–H groups in total. The normalized spacial score (nSPS) is 15.3. The van der Waals surface area contributed by atoms with Gasteiger partial charge in [0.25, 0.3) is 0 Å². The molecule has 0 saturated carbocycles. The largest absolute Gasteiger partial charge is 0.479 e. The summed E-state index contributed by atoms with van der Waals surface area (Å²) < 4.78 is 5.21. The van der Waals surface area contributed by atoms with Gasteiger partial charge in [-0.15, -0.1) is 0 Å². The highest BCUT2D eigenvalue weighted by molar-refractivity contribution is 7.99. The maximum absolute atomic E-state index is 12.0. The SMILES string of the molecule is N#CCOc1cccc(NC(=O)CC2CCSCC2)c1. The third-order valence-corrected chi connectivity index (χ3v) is 4.28. The van der Waals surface area contributed by atoms with E-state index in [1.165, 1.54) is 0 Å². The summed E-state index contributed by atoms with van der Waals surface area (Å²) in [5.41, 5.74) is 0.718. The monoisotopic (exact) mass is 290 g/mol. The van der Waals surface area contributed by atoms with Crippen molar-refractivity contribution in [1.29, 1.82) is 5.26 Å². The molecular formula is C15H18N2O2S. The number of hydrogen-bond acceptors (Lipinski definition) is 4. The number of carbonyl (C=O) groups is 1. The lowest BCUT2D eigenvalue weighted by molar-refractivity contribution is -0.117. The minimum Gasteiger partial charge on any atom is -0.479 e. The van der Waals surface area contributed by atoms with Crippen molar-refractivity contribution in [3.8, 4) is 11.8 Å². The van der Waals surface area contributed by atoms with Gasteiger partial charge >= 0.3 is 0 Å². The van der Waals surface area contributed by atoms with Crippen LogP contribution in [0.1, 0.15) is 19.3 Å². The Labute approximate surface area is 123 Å². The van der Waals surface area contributed by atoms with Gasteiger partial charge in [-0.1, -0.05) is 6.07 Å². The molecule has 1 saturated heterocycles. The Kier molecular flexibility index (Phi) is 5.75. The van der Waals surface area contributed by atoms with Crippen molar-refractivity contribution in [2.45, 2.75) is 19.3 Å². The average molecular weight is 290 g/mol. The van der Waals surface area contributed by atoms with E-state index in [1.807, 2.05) is 23.9 Å². The van der Waals surface area contributed by atoms with E-state index < -0.39 is 0 Å². The van der Waals surface area contributed by atoms with Crippen LogP contribution in [-0.4, -0.2) is 24.0 Å². The summed E-state index contributed by atoms with van der Waals surface area (Å²) >= 11 is 1.96. The molecular weight excluding hydrogens is 272 g/mol. The van der Waals surface area contributed by atoms with Crippen molar-refractivity contribution in [3.63, 3.8) is 0 Å². The lowest BCUT2D eigenvalue weighted by Gasteiger charge is -2.20. The van der Waals surface area contributed by atoms with E-state index in [0.29, 0.717) is 18.1 Å². The molecule has 0 spiro atoms. The molecule has 5 heteroatoms. The Morgan fingerprint density at radius 3 is 3.00 bits per heavy atom. The first-order valence-electron chi connectivity index (χ1n) is 6.75. The van der Waals surface area contributed by atoms with E-state index in [-0.39, 0.29) is 12.5 Å². The Morgan fingerprint density at radius 2 is 2.25 bits per heavy atom. The molecule has 0 aromatic heterocycles. The Balaban J connectivity index is 1.85. The summed E-state index contributed by atoms with van der Waals surface area (Å²) in [6.07, 6.45) is 2.84. The molecule has 1 aromatic rings. The second-order valence-electron chi connectivity index (χ2n) is 4.78. The third-order valence-electron chi connectivity index (χ3n) is 3.24. The lowest BCUT2D eigenvalue weighted by Crippen LogP contribution is -2.19. The van der Waals surface area contributed by atoms with Gasteiger partial charge in [-0.3, -0.25) is 4.79 Å². The minimum absolute atomic E-state index is 0.0111. The number of nitrogens with one attached hydrogen (secondary N) is 1. The fourth-order valence-electron chi connectivity index (χ4n) is 2.20. The molecule has 4 nitrogen and oxygen atoms in total. The Bertz CT molecular complexity index is 493. The van der Waals surface area contributed by atoms with Crippen LogP contribution >= 0.6 is 11.8 Å². The molecule has 0 unspecified atom stereocenters. The number of rotatable bonds is 5. The van der Waals surface area contributed by atoms with E-state index >= 15 is 0 Å². The van der Waals surface area contributed by atoms with Crippen LogP contribution in [0.4, 0.5) is 5.69 Å². The molecule has 0 aliphatic carbocycles. The number of nitriles is 1. The van der Waals surface area contributed by atoms with Gasteiger partial charge in [0.2, 0.25) is 5.91 Å². The predicted molar refractivity (Wildman–Crippen MR) is 80.8 cm³/mol. The van der Waals surface area contributed by atoms with Gasteiger partial charge in [-0.25, -0.2) is 0 Å². The summed E-state index contributed by atoms with van der Waals surface area (Å²) in [4.78, 5) is 12.0. The number of carbonyl (C=O) groups excluding carboxylic acids is 1. The van der Waals surface area contributed by atoms with Crippen LogP contribution < -0.4 is 10.1 Å². The topological polar surface area (TPSA) is 62.1 Å². The molecule has 2 rings (SSSR count). The maximum Gasteiger partial charge on any atom is 0.224 e. The van der Waals surface area contributed by atoms with Gasteiger partial charge in [-0.05, 0) is 42.4 Å². The molecule has 1 aliphatic rings. The van der Waals surface area contributed by atoms with Crippen LogP contribution in [0.25, 0.3) is 0 Å². The van der Waals surface area contributed by atoms with E-state index in [1.54, 1.807) is 18.2 Å². The number of nitrogens with zero attached hydrogens (tertiary/aromatic N) is 1. The van der Waals surface area contributed by atoms with Crippen molar-refractivity contribution < 1.29 is 9.53 Å². The van der Waals surface area contributed by atoms with Crippen LogP contribution in [0.3, 0.4) is 0 Å². The molecule has 1 heterocycles. The summed E-state index contributed by atoms with van der Waals surface area (Å²) in [6, 6.07) is 9.06. The first-order chi connectivity index (χ1) is 9.78. The highest BCUT2D eigenvalue weighted by Gasteiger charge is 2.17. The summed E-state index contributed by atoms with van der Waals surface area (Å²) in [7, 11) is 0.